The third-order valence-electron chi connectivity index (χ3n) is 4.03. The molecule has 5 heteroatoms. The van der Waals surface area contributed by atoms with Crippen LogP contribution in [0.3, 0.4) is 0 Å². The summed E-state index contributed by atoms with van der Waals surface area (Å²) in [5.74, 6) is -0.391. The molecule has 22 heavy (non-hydrogen) atoms. The number of hydrogen-bond donors (Lipinski definition) is 1. The number of amides is 1. The Bertz CT molecular complexity index is 568. The summed E-state index contributed by atoms with van der Waals surface area (Å²) >= 11 is 0. The number of aliphatic carboxylic acids is 1. The molecule has 0 saturated carbocycles. The van der Waals surface area contributed by atoms with Crippen molar-refractivity contribution in [2.45, 2.75) is 33.1 Å². The van der Waals surface area contributed by atoms with Gasteiger partial charge >= 0.3 is 5.97 Å². The first-order valence-corrected chi connectivity index (χ1v) is 7.62. The minimum Gasteiger partial charge on any atom is -0.483 e. The van der Waals surface area contributed by atoms with Crippen LogP contribution in [0.5, 0.6) is 5.75 Å². The van der Waals surface area contributed by atoms with E-state index in [1.165, 1.54) is 0 Å². The molecule has 1 aliphatic heterocycles. The van der Waals surface area contributed by atoms with Crippen LogP contribution < -0.4 is 4.74 Å². The van der Waals surface area contributed by atoms with E-state index in [4.69, 9.17) is 9.84 Å². The number of rotatable bonds is 5. The van der Waals surface area contributed by atoms with E-state index in [0.717, 1.165) is 16.9 Å². The lowest BCUT2D eigenvalue weighted by atomic mass is 10.0. The molecule has 5 nitrogen and oxygen atoms in total. The van der Waals surface area contributed by atoms with Gasteiger partial charge in [0.2, 0.25) is 0 Å². The van der Waals surface area contributed by atoms with Crippen molar-refractivity contribution in [3.8, 4) is 5.75 Å². The maximum absolute atomic E-state index is 12.2. The van der Waals surface area contributed by atoms with E-state index in [2.05, 4.69) is 13.8 Å². The van der Waals surface area contributed by atoms with E-state index < -0.39 is 11.9 Å². The van der Waals surface area contributed by atoms with Gasteiger partial charge in [0.05, 0.1) is 5.92 Å². The summed E-state index contributed by atoms with van der Waals surface area (Å²) in [5, 5.41) is 8.98. The zero-order valence-electron chi connectivity index (χ0n) is 13.3. The first-order valence-electron chi connectivity index (χ1n) is 7.62. The zero-order chi connectivity index (χ0) is 16.3. The first-order chi connectivity index (χ1) is 10.4. The van der Waals surface area contributed by atoms with Crippen LogP contribution in [0.4, 0.5) is 0 Å². The van der Waals surface area contributed by atoms with E-state index in [9.17, 15) is 9.59 Å². The van der Waals surface area contributed by atoms with Gasteiger partial charge in [0.1, 0.15) is 5.75 Å². The molecule has 1 amide bonds. The highest BCUT2D eigenvalue weighted by Gasteiger charge is 2.30. The topological polar surface area (TPSA) is 66.8 Å². The van der Waals surface area contributed by atoms with Crippen molar-refractivity contribution in [3.63, 3.8) is 0 Å². The van der Waals surface area contributed by atoms with Crippen molar-refractivity contribution in [1.29, 1.82) is 0 Å². The molecule has 1 aliphatic rings. The van der Waals surface area contributed by atoms with Gasteiger partial charge in [-0.05, 0) is 36.5 Å². The van der Waals surface area contributed by atoms with Gasteiger partial charge in [-0.25, -0.2) is 0 Å². The van der Waals surface area contributed by atoms with Crippen LogP contribution in [0.15, 0.2) is 18.2 Å². The second kappa shape index (κ2) is 6.81. The van der Waals surface area contributed by atoms with Crippen molar-refractivity contribution in [1.82, 2.24) is 4.90 Å². The molecule has 1 fully saturated rings. The molecule has 0 unspecified atom stereocenters. The Morgan fingerprint density at radius 3 is 2.73 bits per heavy atom. The van der Waals surface area contributed by atoms with E-state index in [0.29, 0.717) is 18.9 Å². The van der Waals surface area contributed by atoms with Gasteiger partial charge in [-0.3, -0.25) is 9.59 Å². The van der Waals surface area contributed by atoms with Gasteiger partial charge in [0.25, 0.3) is 5.91 Å². The Balaban J connectivity index is 1.97. The van der Waals surface area contributed by atoms with Crippen molar-refractivity contribution in [2.24, 2.45) is 5.92 Å². The third kappa shape index (κ3) is 3.78. The van der Waals surface area contributed by atoms with Crippen molar-refractivity contribution < 1.29 is 19.4 Å². The largest absolute Gasteiger partial charge is 0.483 e. The molecule has 0 aliphatic carbocycles. The second-order valence-electron chi connectivity index (χ2n) is 6.15. The summed E-state index contributed by atoms with van der Waals surface area (Å²) in [6, 6.07) is 5.99. The summed E-state index contributed by atoms with van der Waals surface area (Å²) in [6.45, 7) is 6.87. The molecule has 1 atom stereocenters. The summed E-state index contributed by atoms with van der Waals surface area (Å²) in [4.78, 5) is 24.7. The molecular formula is C17H23NO4. The number of ether oxygens (including phenoxy) is 1. The van der Waals surface area contributed by atoms with E-state index in [1.54, 1.807) is 4.90 Å². The van der Waals surface area contributed by atoms with Gasteiger partial charge in [-0.15, -0.1) is 0 Å². The lowest BCUT2D eigenvalue weighted by Gasteiger charge is -2.18. The number of aryl methyl sites for hydroxylation is 1. The lowest BCUT2D eigenvalue weighted by Crippen LogP contribution is -2.34. The molecule has 1 aromatic rings. The number of carbonyl (C=O) groups is 2. The van der Waals surface area contributed by atoms with Crippen LogP contribution >= 0.6 is 0 Å². The van der Waals surface area contributed by atoms with Crippen molar-refractivity contribution in [2.75, 3.05) is 19.7 Å². The molecule has 0 spiro atoms. The highest BCUT2D eigenvalue weighted by Crippen LogP contribution is 2.27. The molecule has 1 saturated heterocycles. The number of nitrogens with zero attached hydrogens (tertiary/aromatic N) is 1. The molecule has 1 N–H and O–H groups in total. The molecule has 0 aromatic heterocycles. The SMILES string of the molecule is Cc1ccc(C(C)C)c(OCC(=O)N2CC[C@@H](C(=O)O)C2)c1. The molecular weight excluding hydrogens is 282 g/mol. The third-order valence-corrected chi connectivity index (χ3v) is 4.03. The number of likely N-dealkylation sites (tertiary alicyclic amines) is 1. The van der Waals surface area contributed by atoms with Gasteiger partial charge in [0, 0.05) is 13.1 Å². The smallest absolute Gasteiger partial charge is 0.308 e. The molecule has 0 radical (unpaired) electrons. The van der Waals surface area contributed by atoms with Crippen molar-refractivity contribution >= 4 is 11.9 Å². The van der Waals surface area contributed by atoms with Crippen LogP contribution in [0.2, 0.25) is 0 Å². The minimum absolute atomic E-state index is 0.0461. The van der Waals surface area contributed by atoms with E-state index in [-0.39, 0.29) is 19.1 Å². The number of carbonyl (C=O) groups excluding carboxylic acids is 1. The van der Waals surface area contributed by atoms with Crippen LogP contribution in [0, 0.1) is 12.8 Å². The average Bonchev–Trinajstić information content (AvgIpc) is 2.94. The maximum atomic E-state index is 12.2. The van der Waals surface area contributed by atoms with Gasteiger partial charge in [0.15, 0.2) is 6.61 Å². The van der Waals surface area contributed by atoms with Crippen molar-refractivity contribution in [3.05, 3.63) is 29.3 Å². The predicted molar refractivity (Wildman–Crippen MR) is 83.1 cm³/mol. The Morgan fingerprint density at radius 2 is 2.14 bits per heavy atom. The van der Waals surface area contributed by atoms with Crippen LogP contribution in [0.1, 0.15) is 37.3 Å². The van der Waals surface area contributed by atoms with E-state index in [1.807, 2.05) is 25.1 Å². The first kappa shape index (κ1) is 16.3. The highest BCUT2D eigenvalue weighted by atomic mass is 16.5. The van der Waals surface area contributed by atoms with Gasteiger partial charge in [-0.2, -0.15) is 0 Å². The number of hydrogen-bond acceptors (Lipinski definition) is 3. The fourth-order valence-corrected chi connectivity index (χ4v) is 2.66. The normalized spacial score (nSPS) is 17.8. The molecule has 120 valence electrons. The Morgan fingerprint density at radius 1 is 1.41 bits per heavy atom. The quantitative estimate of drug-likeness (QED) is 0.907. The lowest BCUT2D eigenvalue weighted by molar-refractivity contribution is -0.141. The molecule has 1 heterocycles. The summed E-state index contributed by atoms with van der Waals surface area (Å²) in [5.41, 5.74) is 2.15. The number of carboxylic acids is 1. The fourth-order valence-electron chi connectivity index (χ4n) is 2.66. The Labute approximate surface area is 130 Å². The maximum Gasteiger partial charge on any atom is 0.308 e. The fraction of sp³-hybridized carbons (Fsp3) is 0.529. The highest BCUT2D eigenvalue weighted by molar-refractivity contribution is 5.80. The minimum atomic E-state index is -0.836. The average molecular weight is 305 g/mol. The van der Waals surface area contributed by atoms with E-state index >= 15 is 0 Å². The van der Waals surface area contributed by atoms with Crippen LogP contribution in [-0.4, -0.2) is 41.6 Å². The number of benzene rings is 1. The Hall–Kier alpha value is -2.04. The molecule has 1 aromatic carbocycles. The Kier molecular flexibility index (Phi) is 5.06. The standard InChI is InChI=1S/C17H23NO4/c1-11(2)14-5-4-12(3)8-15(14)22-10-16(19)18-7-6-13(9-18)17(20)21/h4-5,8,11,13H,6-7,9-10H2,1-3H3,(H,20,21)/t13-/m1/s1. The summed E-state index contributed by atoms with van der Waals surface area (Å²) < 4.78 is 5.71. The van der Waals surface area contributed by atoms with Gasteiger partial charge in [-0.1, -0.05) is 26.0 Å². The van der Waals surface area contributed by atoms with Crippen LogP contribution in [-0.2, 0) is 9.59 Å². The van der Waals surface area contributed by atoms with Crippen LogP contribution in [0.25, 0.3) is 0 Å². The molecule has 2 rings (SSSR count). The van der Waals surface area contributed by atoms with Gasteiger partial charge < -0.3 is 14.7 Å². The zero-order valence-corrected chi connectivity index (χ0v) is 13.3. The number of carboxylic acid groups (broad SMARTS) is 1. The summed E-state index contributed by atoms with van der Waals surface area (Å²) in [6.07, 6.45) is 0.517. The molecule has 0 bridgehead atoms. The summed E-state index contributed by atoms with van der Waals surface area (Å²) in [7, 11) is 0. The monoisotopic (exact) mass is 305 g/mol. The second-order valence-corrected chi connectivity index (χ2v) is 6.15. The predicted octanol–water partition coefficient (Wildman–Crippen LogP) is 2.43.